The summed E-state index contributed by atoms with van der Waals surface area (Å²) in [5, 5.41) is 3.26. The fourth-order valence-corrected chi connectivity index (χ4v) is 5.33. The van der Waals surface area contributed by atoms with Crippen LogP contribution in [0.1, 0.15) is 18.4 Å². The van der Waals surface area contributed by atoms with E-state index in [9.17, 15) is 13.2 Å². The van der Waals surface area contributed by atoms with E-state index in [0.717, 1.165) is 0 Å². The molecule has 1 fully saturated rings. The molecule has 31 heavy (non-hydrogen) atoms. The molecule has 0 saturated carbocycles. The Morgan fingerprint density at radius 3 is 2.48 bits per heavy atom. The molecule has 1 saturated heterocycles. The van der Waals surface area contributed by atoms with E-state index in [0.29, 0.717) is 59.5 Å². The molecule has 8 nitrogen and oxygen atoms in total. The van der Waals surface area contributed by atoms with Crippen LogP contribution in [0.2, 0.25) is 5.02 Å². The summed E-state index contributed by atoms with van der Waals surface area (Å²) >= 11 is 6.18. The second kappa shape index (κ2) is 8.39. The van der Waals surface area contributed by atoms with E-state index in [-0.39, 0.29) is 16.7 Å². The molecule has 2 heterocycles. The fraction of sp³-hybridized carbons (Fsp3) is 0.333. The molecule has 2 aromatic carbocycles. The van der Waals surface area contributed by atoms with Crippen LogP contribution in [-0.2, 0) is 14.8 Å². The number of piperidine rings is 1. The normalized spacial score (nSPS) is 17.6. The van der Waals surface area contributed by atoms with Gasteiger partial charge in [-0.05, 0) is 31.0 Å². The van der Waals surface area contributed by atoms with E-state index in [2.05, 4.69) is 9.71 Å². The van der Waals surface area contributed by atoms with Crippen LogP contribution in [-0.4, -0.2) is 52.4 Å². The summed E-state index contributed by atoms with van der Waals surface area (Å²) in [6.45, 7) is 1.06. The summed E-state index contributed by atoms with van der Waals surface area (Å²) in [5.74, 6) is 1.00. The highest BCUT2D eigenvalue weighted by Gasteiger charge is 2.34. The van der Waals surface area contributed by atoms with Crippen molar-refractivity contribution in [2.75, 3.05) is 32.6 Å². The average molecular weight is 464 g/mol. The molecule has 1 amide bonds. The van der Waals surface area contributed by atoms with E-state index in [1.165, 1.54) is 14.2 Å². The Morgan fingerprint density at radius 1 is 1.13 bits per heavy atom. The molecule has 164 valence electrons. The third-order valence-corrected chi connectivity index (χ3v) is 7.13. The number of rotatable bonds is 4. The largest absolute Gasteiger partial charge is 0.495 e. The second-order valence-electron chi connectivity index (χ2n) is 7.32. The molecule has 0 aliphatic carbocycles. The Hall–Kier alpha value is -2.78. The molecule has 2 aliphatic heterocycles. The van der Waals surface area contributed by atoms with Gasteiger partial charge in [-0.2, -0.15) is 8.42 Å². The number of nitrogens with one attached hydrogen (secondary N) is 1. The third-order valence-electron chi connectivity index (χ3n) is 5.51. The zero-order chi connectivity index (χ0) is 22.2. The van der Waals surface area contributed by atoms with Gasteiger partial charge in [0.15, 0.2) is 5.84 Å². The molecule has 0 atom stereocenters. The number of nitrogens with zero attached hydrogens (tertiary/aromatic N) is 2. The molecule has 0 spiro atoms. The van der Waals surface area contributed by atoms with Crippen LogP contribution in [0.15, 0.2) is 45.7 Å². The summed E-state index contributed by atoms with van der Waals surface area (Å²) in [7, 11) is -0.652. The first kappa shape index (κ1) is 21.5. The third kappa shape index (κ3) is 4.07. The molecule has 0 radical (unpaired) electrons. The minimum absolute atomic E-state index is 0.138. The first-order chi connectivity index (χ1) is 14.8. The number of fused-ring (bicyclic) bond motifs is 1. The lowest BCUT2D eigenvalue weighted by Crippen LogP contribution is -2.41. The first-order valence-electron chi connectivity index (χ1n) is 9.75. The van der Waals surface area contributed by atoms with E-state index in [1.807, 2.05) is 4.90 Å². The number of amidine groups is 1. The van der Waals surface area contributed by atoms with Gasteiger partial charge >= 0.3 is 0 Å². The van der Waals surface area contributed by atoms with Crippen molar-refractivity contribution in [3.05, 3.63) is 47.0 Å². The maximum Gasteiger partial charge on any atom is 0.285 e. The molecular formula is C21H22ClN3O5S. The smallest absolute Gasteiger partial charge is 0.285 e. The van der Waals surface area contributed by atoms with Crippen LogP contribution < -0.4 is 14.8 Å². The predicted molar refractivity (Wildman–Crippen MR) is 118 cm³/mol. The topological polar surface area (TPSA) is 97.3 Å². The minimum atomic E-state index is -3.66. The van der Waals surface area contributed by atoms with Gasteiger partial charge in [0.2, 0.25) is 5.91 Å². The van der Waals surface area contributed by atoms with Crippen molar-refractivity contribution in [2.45, 2.75) is 17.7 Å². The van der Waals surface area contributed by atoms with E-state index >= 15 is 0 Å². The number of benzene rings is 2. The Balaban J connectivity index is 1.44. The first-order valence-corrected chi connectivity index (χ1v) is 11.6. The van der Waals surface area contributed by atoms with Crippen molar-refractivity contribution in [2.24, 2.45) is 10.3 Å². The number of amides is 1. The van der Waals surface area contributed by atoms with Crippen molar-refractivity contribution in [3.63, 3.8) is 0 Å². The van der Waals surface area contributed by atoms with E-state index < -0.39 is 10.0 Å². The molecule has 4 rings (SSSR count). The van der Waals surface area contributed by atoms with Gasteiger partial charge in [-0.1, -0.05) is 23.7 Å². The number of sulfonamides is 1. The summed E-state index contributed by atoms with van der Waals surface area (Å²) in [4.78, 5) is 15.0. The summed E-state index contributed by atoms with van der Waals surface area (Å²) < 4.78 is 39.1. The van der Waals surface area contributed by atoms with Crippen LogP contribution >= 0.6 is 11.6 Å². The molecule has 0 bridgehead atoms. The van der Waals surface area contributed by atoms with Gasteiger partial charge in [0.25, 0.3) is 10.0 Å². The van der Waals surface area contributed by atoms with Crippen LogP contribution in [0.4, 0.5) is 5.69 Å². The molecular weight excluding hydrogens is 442 g/mol. The SMILES string of the molecule is COc1cc(OC)c(NC(=O)C2CCN(C3=NS(=O)(=O)c4ccccc43)CC2)cc1Cl. The van der Waals surface area contributed by atoms with Crippen LogP contribution in [0.5, 0.6) is 11.5 Å². The van der Waals surface area contributed by atoms with Gasteiger partial charge in [0.1, 0.15) is 16.4 Å². The maximum atomic E-state index is 12.8. The van der Waals surface area contributed by atoms with Crippen molar-refractivity contribution in [1.29, 1.82) is 0 Å². The van der Waals surface area contributed by atoms with Gasteiger partial charge in [-0.3, -0.25) is 4.79 Å². The van der Waals surface area contributed by atoms with Gasteiger partial charge in [0.05, 0.1) is 24.9 Å². The van der Waals surface area contributed by atoms with Crippen LogP contribution in [0.25, 0.3) is 0 Å². The number of halogens is 1. The highest BCUT2D eigenvalue weighted by molar-refractivity contribution is 7.90. The highest BCUT2D eigenvalue weighted by atomic mass is 35.5. The van der Waals surface area contributed by atoms with Crippen LogP contribution in [0, 0.1) is 5.92 Å². The highest BCUT2D eigenvalue weighted by Crippen LogP contribution is 2.36. The molecule has 2 aromatic rings. The Bertz CT molecular complexity index is 1160. The van der Waals surface area contributed by atoms with Gasteiger partial charge in [-0.25, -0.2) is 0 Å². The number of carbonyl (C=O) groups excluding carboxylic acids is 1. The Morgan fingerprint density at radius 2 is 1.81 bits per heavy atom. The maximum absolute atomic E-state index is 12.8. The fourth-order valence-electron chi connectivity index (χ4n) is 3.86. The van der Waals surface area contributed by atoms with Crippen molar-refractivity contribution in [3.8, 4) is 11.5 Å². The lowest BCUT2D eigenvalue weighted by molar-refractivity contribution is -0.121. The minimum Gasteiger partial charge on any atom is -0.495 e. The van der Waals surface area contributed by atoms with Crippen molar-refractivity contribution >= 4 is 39.1 Å². The number of methoxy groups -OCH3 is 2. The van der Waals surface area contributed by atoms with Crippen molar-refractivity contribution < 1.29 is 22.7 Å². The summed E-state index contributed by atoms with van der Waals surface area (Å²) in [6, 6.07) is 10.0. The number of ether oxygens (including phenoxy) is 2. The molecule has 2 aliphatic rings. The average Bonchev–Trinajstić information content (AvgIpc) is 3.05. The summed E-state index contributed by atoms with van der Waals surface area (Å²) in [5.41, 5.74) is 1.09. The quantitative estimate of drug-likeness (QED) is 0.748. The van der Waals surface area contributed by atoms with Crippen molar-refractivity contribution in [1.82, 2.24) is 4.90 Å². The Kier molecular flexibility index (Phi) is 5.81. The number of hydrogen-bond acceptors (Lipinski definition) is 6. The second-order valence-corrected chi connectivity index (χ2v) is 9.30. The van der Waals surface area contributed by atoms with E-state index in [1.54, 1.807) is 36.4 Å². The summed E-state index contributed by atoms with van der Waals surface area (Å²) in [6.07, 6.45) is 1.14. The monoisotopic (exact) mass is 463 g/mol. The van der Waals surface area contributed by atoms with Gasteiger partial charge in [-0.15, -0.1) is 4.40 Å². The Labute approximate surface area is 185 Å². The number of carbonyl (C=O) groups is 1. The zero-order valence-corrected chi connectivity index (χ0v) is 18.7. The lowest BCUT2D eigenvalue weighted by atomic mass is 9.95. The number of likely N-dealkylation sites (tertiary alicyclic amines) is 1. The van der Waals surface area contributed by atoms with Gasteiger partial charge < -0.3 is 19.7 Å². The number of hydrogen-bond donors (Lipinski definition) is 1. The lowest BCUT2D eigenvalue weighted by Gasteiger charge is -2.32. The van der Waals surface area contributed by atoms with Crippen LogP contribution in [0.3, 0.4) is 0 Å². The standard InChI is InChI=1S/C21H22ClN3O5S/c1-29-17-12-18(30-2)16(11-15(17)22)23-21(26)13-7-9-25(10-8-13)20-14-5-3-4-6-19(14)31(27,28)24-20/h3-6,11-13H,7-10H2,1-2H3,(H,23,26). The molecule has 0 aromatic heterocycles. The number of anilines is 1. The molecule has 10 heteroatoms. The predicted octanol–water partition coefficient (Wildman–Crippen LogP) is 3.16. The molecule has 0 unspecified atom stereocenters. The zero-order valence-electron chi connectivity index (χ0n) is 17.1. The molecule has 1 N–H and O–H groups in total. The van der Waals surface area contributed by atoms with E-state index in [4.69, 9.17) is 21.1 Å². The van der Waals surface area contributed by atoms with Gasteiger partial charge in [0, 0.05) is 30.6 Å².